The number of methoxy groups -OCH3 is 1. The van der Waals surface area contributed by atoms with Gasteiger partial charge in [-0.2, -0.15) is 9.97 Å². The molecule has 2 aromatic heterocycles. The van der Waals surface area contributed by atoms with E-state index in [0.717, 1.165) is 32.0 Å². The summed E-state index contributed by atoms with van der Waals surface area (Å²) in [5.41, 5.74) is 1.86. The van der Waals surface area contributed by atoms with Crippen LogP contribution in [0.5, 0.6) is 5.88 Å². The predicted octanol–water partition coefficient (Wildman–Crippen LogP) is 4.29. The first kappa shape index (κ1) is 25.2. The number of nitrogens with one attached hydrogen (secondary N) is 3. The minimum absolute atomic E-state index is 0.234. The van der Waals surface area contributed by atoms with Crippen LogP contribution >= 0.6 is 11.6 Å². The molecule has 1 saturated heterocycles. The lowest BCUT2D eigenvalue weighted by atomic mass is 10.2. The van der Waals surface area contributed by atoms with E-state index in [1.165, 1.54) is 12.3 Å². The number of para-hydroxylation sites is 2. The van der Waals surface area contributed by atoms with Crippen molar-refractivity contribution in [1.29, 1.82) is 0 Å². The van der Waals surface area contributed by atoms with E-state index >= 15 is 0 Å². The molecule has 10 nitrogen and oxygen atoms in total. The molecule has 4 rings (SSSR count). The van der Waals surface area contributed by atoms with Gasteiger partial charge in [0.2, 0.25) is 17.7 Å². The van der Waals surface area contributed by atoms with E-state index in [0.29, 0.717) is 39.7 Å². The van der Waals surface area contributed by atoms with Crippen LogP contribution in [0.15, 0.2) is 54.7 Å². The van der Waals surface area contributed by atoms with Gasteiger partial charge in [-0.05, 0) is 44.3 Å². The summed E-state index contributed by atoms with van der Waals surface area (Å²) < 4.78 is 5.54. The Morgan fingerprint density at radius 3 is 2.50 bits per heavy atom. The zero-order chi connectivity index (χ0) is 25.5. The fraction of sp³-hybridized carbons (Fsp3) is 0.280. The van der Waals surface area contributed by atoms with Gasteiger partial charge in [0.05, 0.1) is 24.7 Å². The summed E-state index contributed by atoms with van der Waals surface area (Å²) in [6.45, 7) is 5.57. The number of carbonyl (C=O) groups is 1. The van der Waals surface area contributed by atoms with Gasteiger partial charge in [0.15, 0.2) is 5.82 Å². The van der Waals surface area contributed by atoms with Crippen LogP contribution in [0.25, 0.3) is 0 Å². The minimum atomic E-state index is -0.234. The molecule has 1 aliphatic heterocycles. The summed E-state index contributed by atoms with van der Waals surface area (Å²) in [5.74, 6) is 1.76. The number of allylic oxidation sites excluding steroid dienone is 1. The number of nitrogens with zero attached hydrogens (tertiary/aromatic N) is 5. The second-order valence-corrected chi connectivity index (χ2v) is 8.60. The molecule has 3 N–H and O–H groups in total. The minimum Gasteiger partial charge on any atom is -0.479 e. The highest BCUT2D eigenvalue weighted by molar-refractivity contribution is 6.33. The quantitative estimate of drug-likeness (QED) is 0.384. The lowest BCUT2D eigenvalue weighted by Gasteiger charge is -2.33. The molecule has 0 radical (unpaired) electrons. The third kappa shape index (κ3) is 6.21. The number of rotatable bonds is 8. The number of hydrogen-bond donors (Lipinski definition) is 3. The number of pyridine rings is 1. The van der Waals surface area contributed by atoms with Crippen molar-refractivity contribution < 1.29 is 9.53 Å². The summed E-state index contributed by atoms with van der Waals surface area (Å²) in [4.78, 5) is 30.1. The Kier molecular flexibility index (Phi) is 8.19. The molecular formula is C25H29ClN8O2. The molecule has 11 heteroatoms. The molecule has 0 bridgehead atoms. The maximum absolute atomic E-state index is 12.0. The van der Waals surface area contributed by atoms with Gasteiger partial charge in [-0.15, -0.1) is 0 Å². The largest absolute Gasteiger partial charge is 0.479 e. The maximum Gasteiger partial charge on any atom is 0.248 e. The Labute approximate surface area is 215 Å². The molecule has 1 aliphatic rings. The molecule has 188 valence electrons. The standard InChI is InChI=1S/C25H29ClN8O2/c1-4-7-22(35)28-18-8-5-6-9-19(18)29-23-17(26)16-27-25(32-23)30-20-10-11-21(31-24(20)36-3)34-14-12-33(2)13-15-34/h4-11,16H,12-15H2,1-3H3,(H,28,35)(H2,27,29,30,32)/b7-4+. The molecule has 0 unspecified atom stereocenters. The number of aromatic nitrogens is 3. The van der Waals surface area contributed by atoms with Gasteiger partial charge < -0.3 is 30.5 Å². The van der Waals surface area contributed by atoms with Gasteiger partial charge in [0, 0.05) is 26.2 Å². The number of anilines is 6. The number of piperazine rings is 1. The Bertz CT molecular complexity index is 1240. The van der Waals surface area contributed by atoms with Crippen molar-refractivity contribution in [1.82, 2.24) is 19.9 Å². The first-order valence-corrected chi connectivity index (χ1v) is 11.9. The number of ether oxygens (including phenoxy) is 1. The number of amides is 1. The smallest absolute Gasteiger partial charge is 0.248 e. The van der Waals surface area contributed by atoms with Crippen molar-refractivity contribution in [3.8, 4) is 5.88 Å². The second-order valence-electron chi connectivity index (χ2n) is 8.19. The van der Waals surface area contributed by atoms with Crippen LogP contribution in [0.2, 0.25) is 5.02 Å². The van der Waals surface area contributed by atoms with Crippen LogP contribution in [-0.4, -0.2) is 66.1 Å². The Morgan fingerprint density at radius 1 is 1.03 bits per heavy atom. The molecule has 1 fully saturated rings. The molecule has 1 aromatic carbocycles. The average Bonchev–Trinajstić information content (AvgIpc) is 2.88. The molecule has 3 heterocycles. The van der Waals surface area contributed by atoms with Crippen molar-refractivity contribution in [2.75, 3.05) is 61.2 Å². The van der Waals surface area contributed by atoms with Crippen LogP contribution in [0.4, 0.5) is 34.6 Å². The van der Waals surface area contributed by atoms with Gasteiger partial charge in [-0.3, -0.25) is 4.79 Å². The third-order valence-corrected chi connectivity index (χ3v) is 5.89. The molecule has 0 spiro atoms. The second kappa shape index (κ2) is 11.7. The van der Waals surface area contributed by atoms with Crippen molar-refractivity contribution in [2.45, 2.75) is 6.92 Å². The molecular weight excluding hydrogens is 480 g/mol. The summed E-state index contributed by atoms with van der Waals surface area (Å²) >= 11 is 6.37. The fourth-order valence-corrected chi connectivity index (χ4v) is 3.82. The first-order valence-electron chi connectivity index (χ1n) is 11.5. The van der Waals surface area contributed by atoms with E-state index in [1.54, 1.807) is 26.2 Å². The number of carbonyl (C=O) groups excluding carboxylic acids is 1. The Morgan fingerprint density at radius 2 is 1.78 bits per heavy atom. The fourth-order valence-electron chi connectivity index (χ4n) is 3.68. The van der Waals surface area contributed by atoms with Crippen molar-refractivity contribution in [3.05, 3.63) is 59.8 Å². The highest BCUT2D eigenvalue weighted by Crippen LogP contribution is 2.31. The van der Waals surface area contributed by atoms with E-state index in [-0.39, 0.29) is 5.91 Å². The topological polar surface area (TPSA) is 108 Å². The molecule has 36 heavy (non-hydrogen) atoms. The molecule has 0 aliphatic carbocycles. The van der Waals surface area contributed by atoms with Gasteiger partial charge in [0.1, 0.15) is 16.5 Å². The summed E-state index contributed by atoms with van der Waals surface area (Å²) in [6, 6.07) is 11.1. The number of hydrogen-bond acceptors (Lipinski definition) is 9. The molecule has 1 amide bonds. The number of halogens is 1. The van der Waals surface area contributed by atoms with Crippen LogP contribution in [-0.2, 0) is 4.79 Å². The zero-order valence-corrected chi connectivity index (χ0v) is 21.2. The van der Waals surface area contributed by atoms with Crippen LogP contribution in [0.1, 0.15) is 6.92 Å². The van der Waals surface area contributed by atoms with E-state index in [1.807, 2.05) is 30.3 Å². The SMILES string of the molecule is C/C=C/C(=O)Nc1ccccc1Nc1nc(Nc2ccc(N3CCN(C)CC3)nc2OC)ncc1Cl. The first-order chi connectivity index (χ1) is 17.5. The highest BCUT2D eigenvalue weighted by atomic mass is 35.5. The third-order valence-electron chi connectivity index (χ3n) is 5.61. The van der Waals surface area contributed by atoms with Crippen molar-refractivity contribution >= 4 is 52.2 Å². The van der Waals surface area contributed by atoms with Gasteiger partial charge >= 0.3 is 0 Å². The molecule has 0 atom stereocenters. The number of likely N-dealkylation sites (N-methyl/N-ethyl adjacent to an activating group) is 1. The van der Waals surface area contributed by atoms with E-state index in [4.69, 9.17) is 16.3 Å². The maximum atomic E-state index is 12.0. The Balaban J connectivity index is 1.53. The molecule has 0 saturated carbocycles. The summed E-state index contributed by atoms with van der Waals surface area (Å²) in [6.07, 6.45) is 4.62. The van der Waals surface area contributed by atoms with E-state index < -0.39 is 0 Å². The van der Waals surface area contributed by atoms with Crippen LogP contribution < -0.4 is 25.6 Å². The predicted molar refractivity (Wildman–Crippen MR) is 144 cm³/mol. The normalized spacial score (nSPS) is 14.1. The van der Waals surface area contributed by atoms with Gasteiger partial charge in [-0.25, -0.2) is 4.98 Å². The van der Waals surface area contributed by atoms with Crippen molar-refractivity contribution in [2.24, 2.45) is 0 Å². The summed E-state index contributed by atoms with van der Waals surface area (Å²) in [5, 5.41) is 9.50. The van der Waals surface area contributed by atoms with Crippen molar-refractivity contribution in [3.63, 3.8) is 0 Å². The number of benzene rings is 1. The van der Waals surface area contributed by atoms with E-state index in [9.17, 15) is 4.79 Å². The van der Waals surface area contributed by atoms with Gasteiger partial charge in [0.25, 0.3) is 0 Å². The monoisotopic (exact) mass is 508 g/mol. The Hall–Kier alpha value is -3.89. The van der Waals surface area contributed by atoms with E-state index in [2.05, 4.69) is 47.7 Å². The molecule has 3 aromatic rings. The average molecular weight is 509 g/mol. The summed E-state index contributed by atoms with van der Waals surface area (Å²) in [7, 11) is 3.70. The zero-order valence-electron chi connectivity index (χ0n) is 20.5. The van der Waals surface area contributed by atoms with Crippen LogP contribution in [0, 0.1) is 0 Å². The highest BCUT2D eigenvalue weighted by Gasteiger charge is 2.18. The van der Waals surface area contributed by atoms with Crippen LogP contribution in [0.3, 0.4) is 0 Å². The van der Waals surface area contributed by atoms with Gasteiger partial charge in [-0.1, -0.05) is 29.8 Å². The lowest BCUT2D eigenvalue weighted by Crippen LogP contribution is -2.44. The lowest BCUT2D eigenvalue weighted by molar-refractivity contribution is -0.111.